The van der Waals surface area contributed by atoms with Gasteiger partial charge in [0.15, 0.2) is 4.80 Å². The number of aromatic nitrogens is 1. The van der Waals surface area contributed by atoms with Crippen LogP contribution in [-0.4, -0.2) is 29.7 Å². The van der Waals surface area contributed by atoms with E-state index in [1.165, 1.54) is 11.3 Å². The number of carbonyl (C=O) groups is 2. The Balaban J connectivity index is 2.18. The fourth-order valence-electron chi connectivity index (χ4n) is 2.72. The van der Waals surface area contributed by atoms with Crippen molar-refractivity contribution in [1.29, 1.82) is 0 Å². The smallest absolute Gasteiger partial charge is 0.326 e. The maximum absolute atomic E-state index is 12.7. The van der Waals surface area contributed by atoms with E-state index < -0.39 is 11.9 Å². The lowest BCUT2D eigenvalue weighted by atomic mass is 10.2. The summed E-state index contributed by atoms with van der Waals surface area (Å²) in [6.45, 7) is 4.35. The van der Waals surface area contributed by atoms with E-state index in [4.69, 9.17) is 9.47 Å². The number of benzene rings is 2. The van der Waals surface area contributed by atoms with E-state index in [9.17, 15) is 9.59 Å². The number of thiazole rings is 1. The molecule has 0 bridgehead atoms. The number of para-hydroxylation sites is 1. The third-order valence-electron chi connectivity index (χ3n) is 3.86. The molecule has 0 atom stereocenters. The van der Waals surface area contributed by atoms with Crippen molar-refractivity contribution in [3.8, 4) is 5.75 Å². The van der Waals surface area contributed by atoms with Crippen molar-refractivity contribution in [1.82, 2.24) is 4.57 Å². The summed E-state index contributed by atoms with van der Waals surface area (Å²) in [6.07, 6.45) is 0. The Morgan fingerprint density at radius 3 is 2.61 bits per heavy atom. The Kier molecular flexibility index (Phi) is 6.64. The highest BCUT2D eigenvalue weighted by molar-refractivity contribution is 9.10. The lowest BCUT2D eigenvalue weighted by Crippen LogP contribution is -2.23. The summed E-state index contributed by atoms with van der Waals surface area (Å²) in [7, 11) is 0. The second kappa shape index (κ2) is 9.16. The third-order valence-corrected chi connectivity index (χ3v) is 5.59. The van der Waals surface area contributed by atoms with Crippen molar-refractivity contribution in [3.63, 3.8) is 0 Å². The van der Waals surface area contributed by atoms with Gasteiger partial charge in [0.1, 0.15) is 17.8 Å². The van der Waals surface area contributed by atoms with Crippen LogP contribution >= 0.6 is 27.3 Å². The molecule has 0 aliphatic heterocycles. The zero-order valence-corrected chi connectivity index (χ0v) is 17.9. The fourth-order valence-corrected chi connectivity index (χ4v) is 4.22. The molecule has 3 rings (SSSR count). The van der Waals surface area contributed by atoms with Crippen molar-refractivity contribution in [2.24, 2.45) is 4.99 Å². The molecule has 8 heteroatoms. The molecule has 6 nitrogen and oxygen atoms in total. The molecule has 0 saturated carbocycles. The van der Waals surface area contributed by atoms with Gasteiger partial charge in [-0.2, -0.15) is 4.99 Å². The number of hydrogen-bond donors (Lipinski definition) is 0. The first-order chi connectivity index (χ1) is 13.5. The van der Waals surface area contributed by atoms with Gasteiger partial charge in [-0.3, -0.25) is 9.59 Å². The summed E-state index contributed by atoms with van der Waals surface area (Å²) in [5, 5.41) is 0. The maximum Gasteiger partial charge on any atom is 0.326 e. The number of hydrogen-bond acceptors (Lipinski definition) is 5. The van der Waals surface area contributed by atoms with Crippen LogP contribution in [0.3, 0.4) is 0 Å². The first-order valence-corrected chi connectivity index (χ1v) is 10.4. The van der Waals surface area contributed by atoms with Crippen molar-refractivity contribution in [2.75, 3.05) is 13.2 Å². The van der Waals surface area contributed by atoms with Crippen LogP contribution < -0.4 is 9.54 Å². The molecule has 1 heterocycles. The van der Waals surface area contributed by atoms with Gasteiger partial charge in [0.2, 0.25) is 0 Å². The Bertz CT molecular complexity index is 1090. The standard InChI is InChI=1S/C20H19BrN2O4S/c1-3-26-15-10-7-11-16-18(15)23(12-17(24)27-4-2)20(28-16)22-19(25)13-8-5-6-9-14(13)21/h5-11H,3-4,12H2,1-2H3. The van der Waals surface area contributed by atoms with E-state index in [-0.39, 0.29) is 13.2 Å². The molecular weight excluding hydrogens is 444 g/mol. The molecule has 0 aliphatic rings. The largest absolute Gasteiger partial charge is 0.492 e. The van der Waals surface area contributed by atoms with Crippen molar-refractivity contribution >= 4 is 49.4 Å². The van der Waals surface area contributed by atoms with Crippen LogP contribution in [0.2, 0.25) is 0 Å². The number of ether oxygens (including phenoxy) is 2. The highest BCUT2D eigenvalue weighted by Crippen LogP contribution is 2.28. The van der Waals surface area contributed by atoms with Crippen LogP contribution in [0.15, 0.2) is 51.9 Å². The van der Waals surface area contributed by atoms with Gasteiger partial charge >= 0.3 is 5.97 Å². The molecule has 28 heavy (non-hydrogen) atoms. The van der Waals surface area contributed by atoms with Crippen LogP contribution in [0.5, 0.6) is 5.75 Å². The van der Waals surface area contributed by atoms with Gasteiger partial charge in [0, 0.05) is 4.47 Å². The third kappa shape index (κ3) is 4.34. The molecule has 2 aromatic carbocycles. The van der Waals surface area contributed by atoms with Gasteiger partial charge in [0.25, 0.3) is 5.91 Å². The molecular formula is C20H19BrN2O4S. The first kappa shape index (κ1) is 20.3. The molecule has 0 radical (unpaired) electrons. The highest BCUT2D eigenvalue weighted by Gasteiger charge is 2.16. The van der Waals surface area contributed by atoms with Gasteiger partial charge in [-0.15, -0.1) is 0 Å². The van der Waals surface area contributed by atoms with Gasteiger partial charge in [-0.25, -0.2) is 0 Å². The van der Waals surface area contributed by atoms with E-state index >= 15 is 0 Å². The minimum atomic E-state index is -0.400. The van der Waals surface area contributed by atoms with Crippen molar-refractivity contribution < 1.29 is 19.1 Å². The molecule has 0 saturated heterocycles. The van der Waals surface area contributed by atoms with Crippen LogP contribution in [0.4, 0.5) is 0 Å². The number of esters is 1. The molecule has 1 amide bonds. The van der Waals surface area contributed by atoms with E-state index in [1.807, 2.05) is 31.2 Å². The van der Waals surface area contributed by atoms with E-state index in [1.54, 1.807) is 29.7 Å². The molecule has 0 fully saturated rings. The zero-order chi connectivity index (χ0) is 20.1. The second-order valence-corrected chi connectivity index (χ2v) is 7.57. The van der Waals surface area contributed by atoms with Crippen LogP contribution in [0, 0.1) is 0 Å². The Labute approximate surface area is 174 Å². The number of carbonyl (C=O) groups excluding carboxylic acids is 2. The predicted octanol–water partition coefficient (Wildman–Crippen LogP) is 4.17. The Hall–Kier alpha value is -2.45. The topological polar surface area (TPSA) is 69.9 Å². The SMILES string of the molecule is CCOC(=O)Cn1c(=NC(=O)c2ccccc2Br)sc2cccc(OCC)c21. The summed E-state index contributed by atoms with van der Waals surface area (Å²) in [6, 6.07) is 12.7. The summed E-state index contributed by atoms with van der Waals surface area (Å²) in [5.41, 5.74) is 1.17. The molecule has 0 N–H and O–H groups in total. The van der Waals surface area contributed by atoms with E-state index in [0.29, 0.717) is 27.2 Å². The van der Waals surface area contributed by atoms with Crippen molar-refractivity contribution in [3.05, 3.63) is 57.3 Å². The van der Waals surface area contributed by atoms with Gasteiger partial charge in [-0.1, -0.05) is 29.5 Å². The number of rotatable bonds is 6. The fraction of sp³-hybridized carbons (Fsp3) is 0.250. The quantitative estimate of drug-likeness (QED) is 0.515. The van der Waals surface area contributed by atoms with Crippen LogP contribution in [-0.2, 0) is 16.1 Å². The lowest BCUT2D eigenvalue weighted by Gasteiger charge is -2.09. The van der Waals surface area contributed by atoms with Crippen LogP contribution in [0.1, 0.15) is 24.2 Å². The van der Waals surface area contributed by atoms with E-state index in [2.05, 4.69) is 20.9 Å². The predicted molar refractivity (Wildman–Crippen MR) is 112 cm³/mol. The average Bonchev–Trinajstić information content (AvgIpc) is 3.00. The molecule has 0 spiro atoms. The Morgan fingerprint density at radius 1 is 1.11 bits per heavy atom. The maximum atomic E-state index is 12.7. The Morgan fingerprint density at radius 2 is 1.89 bits per heavy atom. The minimum absolute atomic E-state index is 0.0556. The number of fused-ring (bicyclic) bond motifs is 1. The number of nitrogens with zero attached hydrogens (tertiary/aromatic N) is 2. The summed E-state index contributed by atoms with van der Waals surface area (Å²) < 4.78 is 14.0. The average molecular weight is 463 g/mol. The highest BCUT2D eigenvalue weighted by atomic mass is 79.9. The number of halogens is 1. The normalized spacial score (nSPS) is 11.6. The second-order valence-electron chi connectivity index (χ2n) is 5.71. The van der Waals surface area contributed by atoms with Gasteiger partial charge < -0.3 is 14.0 Å². The van der Waals surface area contributed by atoms with Gasteiger partial charge in [0.05, 0.1) is 23.5 Å². The monoisotopic (exact) mass is 462 g/mol. The molecule has 3 aromatic rings. The minimum Gasteiger partial charge on any atom is -0.492 e. The first-order valence-electron chi connectivity index (χ1n) is 8.79. The molecule has 1 aromatic heterocycles. The summed E-state index contributed by atoms with van der Waals surface area (Å²) in [4.78, 5) is 29.6. The summed E-state index contributed by atoms with van der Waals surface area (Å²) in [5.74, 6) is -0.159. The molecule has 0 aliphatic carbocycles. The van der Waals surface area contributed by atoms with E-state index in [0.717, 1.165) is 10.2 Å². The van der Waals surface area contributed by atoms with Gasteiger partial charge in [-0.05, 0) is 54.0 Å². The molecule has 0 unspecified atom stereocenters. The van der Waals surface area contributed by atoms with Crippen molar-refractivity contribution in [2.45, 2.75) is 20.4 Å². The lowest BCUT2D eigenvalue weighted by molar-refractivity contribution is -0.143. The molecule has 146 valence electrons. The summed E-state index contributed by atoms with van der Waals surface area (Å²) >= 11 is 4.70. The zero-order valence-electron chi connectivity index (χ0n) is 15.5. The number of amides is 1. The van der Waals surface area contributed by atoms with Crippen LogP contribution in [0.25, 0.3) is 10.2 Å².